The maximum Gasteiger partial charge on any atom is 0.322 e. The normalized spacial score (nSPS) is 10.9. The summed E-state index contributed by atoms with van der Waals surface area (Å²) < 4.78 is 10.3. The lowest BCUT2D eigenvalue weighted by atomic mass is 10.4. The minimum Gasteiger partial charge on any atom is -0.480 e. The van der Waals surface area contributed by atoms with Gasteiger partial charge in [-0.15, -0.1) is 13.2 Å². The van der Waals surface area contributed by atoms with Crippen LogP contribution in [-0.2, 0) is 4.79 Å². The molecule has 0 aromatic carbocycles. The van der Waals surface area contributed by atoms with Gasteiger partial charge in [-0.25, -0.2) is 0 Å². The maximum atomic E-state index is 10.4. The van der Waals surface area contributed by atoms with E-state index in [-0.39, 0.29) is 0 Å². The van der Waals surface area contributed by atoms with Crippen LogP contribution in [0.15, 0.2) is 25.3 Å². The van der Waals surface area contributed by atoms with Gasteiger partial charge in [-0.2, -0.15) is 11.8 Å². The third-order valence-corrected chi connectivity index (χ3v) is 2.90. The third-order valence-electron chi connectivity index (χ3n) is 1.17. The Kier molecular flexibility index (Phi) is 17.1. The zero-order valence-corrected chi connectivity index (χ0v) is 11.4. The van der Waals surface area contributed by atoms with Crippen LogP contribution in [0.3, 0.4) is 0 Å². The molecule has 16 heavy (non-hydrogen) atoms. The summed E-state index contributed by atoms with van der Waals surface area (Å²) in [5.41, 5.74) is 0. The lowest BCUT2D eigenvalue weighted by Gasteiger charge is -2.07. The zero-order valence-electron chi connectivity index (χ0n) is 8.83. The van der Waals surface area contributed by atoms with Crippen LogP contribution in [0.4, 0.5) is 0 Å². The SMILES string of the molecule is C=CCSCC(NS)C(=O)O.C=CCSO. The van der Waals surface area contributed by atoms with E-state index in [0.717, 1.165) is 17.8 Å². The number of thioether (sulfide) groups is 1. The molecule has 1 atom stereocenters. The highest BCUT2D eigenvalue weighted by Gasteiger charge is 2.13. The molecule has 0 aromatic heterocycles. The van der Waals surface area contributed by atoms with Gasteiger partial charge in [0, 0.05) is 17.3 Å². The molecule has 0 fully saturated rings. The quantitative estimate of drug-likeness (QED) is 0.237. The molecule has 7 heteroatoms. The highest BCUT2D eigenvalue weighted by Crippen LogP contribution is 2.03. The van der Waals surface area contributed by atoms with Crippen molar-refractivity contribution in [2.75, 3.05) is 17.3 Å². The predicted octanol–water partition coefficient (Wildman–Crippen LogP) is 2.17. The Bertz CT molecular complexity index is 202. The lowest BCUT2D eigenvalue weighted by Crippen LogP contribution is -2.33. The van der Waals surface area contributed by atoms with E-state index >= 15 is 0 Å². The first-order valence-corrected chi connectivity index (χ1v) is 6.86. The van der Waals surface area contributed by atoms with E-state index in [2.05, 4.69) is 30.7 Å². The molecule has 0 aliphatic rings. The highest BCUT2D eigenvalue weighted by molar-refractivity contribution is 7.99. The minimum atomic E-state index is -0.878. The van der Waals surface area contributed by atoms with Crippen molar-refractivity contribution in [1.82, 2.24) is 4.72 Å². The van der Waals surface area contributed by atoms with Crippen molar-refractivity contribution in [3.05, 3.63) is 25.3 Å². The van der Waals surface area contributed by atoms with Gasteiger partial charge < -0.3 is 9.66 Å². The van der Waals surface area contributed by atoms with Crippen LogP contribution < -0.4 is 4.72 Å². The van der Waals surface area contributed by atoms with E-state index < -0.39 is 12.0 Å². The minimum absolute atomic E-state index is 0.505. The number of carboxylic acid groups (broad SMARTS) is 1. The van der Waals surface area contributed by atoms with Gasteiger partial charge in [0.25, 0.3) is 0 Å². The van der Waals surface area contributed by atoms with Crippen molar-refractivity contribution < 1.29 is 14.5 Å². The van der Waals surface area contributed by atoms with Crippen molar-refractivity contribution in [2.45, 2.75) is 6.04 Å². The number of carbonyl (C=O) groups is 1. The van der Waals surface area contributed by atoms with Crippen LogP contribution in [0.5, 0.6) is 0 Å². The molecule has 0 aromatic rings. The second-order valence-corrected chi connectivity index (χ2v) is 4.36. The summed E-state index contributed by atoms with van der Waals surface area (Å²) in [6, 6.07) is -0.580. The Balaban J connectivity index is 0. The monoisotopic (exact) mass is 283 g/mol. The molecule has 0 spiro atoms. The van der Waals surface area contributed by atoms with E-state index in [1.165, 1.54) is 11.8 Å². The molecule has 0 saturated carbocycles. The lowest BCUT2D eigenvalue weighted by molar-refractivity contribution is -0.138. The topological polar surface area (TPSA) is 69.6 Å². The molecule has 1 unspecified atom stereocenters. The second-order valence-electron chi connectivity index (χ2n) is 2.43. The van der Waals surface area contributed by atoms with E-state index in [1.54, 1.807) is 12.2 Å². The highest BCUT2D eigenvalue weighted by atomic mass is 32.2. The molecule has 0 aliphatic carbocycles. The average molecular weight is 283 g/mol. The molecule has 94 valence electrons. The number of carboxylic acids is 1. The van der Waals surface area contributed by atoms with Gasteiger partial charge >= 0.3 is 5.97 Å². The van der Waals surface area contributed by atoms with Gasteiger partial charge in [0.15, 0.2) is 0 Å². The third kappa shape index (κ3) is 13.9. The fourth-order valence-electron chi connectivity index (χ4n) is 0.486. The summed E-state index contributed by atoms with van der Waals surface area (Å²) in [5, 5.41) is 8.52. The van der Waals surface area contributed by atoms with Gasteiger partial charge in [0.05, 0.1) is 0 Å². The fraction of sp³-hybridized carbons (Fsp3) is 0.444. The Hall–Kier alpha value is -0.0800. The van der Waals surface area contributed by atoms with Crippen LogP contribution in [-0.4, -0.2) is 38.9 Å². The second kappa shape index (κ2) is 14.9. The van der Waals surface area contributed by atoms with Crippen molar-refractivity contribution in [3.63, 3.8) is 0 Å². The molecular weight excluding hydrogens is 266 g/mol. The largest absolute Gasteiger partial charge is 0.480 e. The number of rotatable bonds is 8. The molecule has 3 N–H and O–H groups in total. The number of hydrogen-bond acceptors (Lipinski definition) is 6. The summed E-state index contributed by atoms with van der Waals surface area (Å²) in [5.74, 6) is 1.01. The summed E-state index contributed by atoms with van der Waals surface area (Å²) in [6.07, 6.45) is 3.38. The van der Waals surface area contributed by atoms with Gasteiger partial charge in [0.2, 0.25) is 0 Å². The summed E-state index contributed by atoms with van der Waals surface area (Å²) in [4.78, 5) is 10.4. The Labute approximate surface area is 110 Å². The number of nitrogens with one attached hydrogen (secondary N) is 1. The molecule has 0 rings (SSSR count). The first kappa shape index (κ1) is 18.3. The van der Waals surface area contributed by atoms with E-state index in [1.807, 2.05) is 0 Å². The molecular formula is C9H17NO3S3. The Morgan fingerprint density at radius 3 is 2.25 bits per heavy atom. The van der Waals surface area contributed by atoms with Crippen LogP contribution in [0.2, 0.25) is 0 Å². The van der Waals surface area contributed by atoms with Gasteiger partial charge in [-0.1, -0.05) is 25.0 Å². The first-order valence-electron chi connectivity index (χ1n) is 4.32. The van der Waals surface area contributed by atoms with Gasteiger partial charge in [0.1, 0.15) is 6.04 Å². The molecule has 0 heterocycles. The molecule has 0 radical (unpaired) electrons. The summed E-state index contributed by atoms with van der Waals surface area (Å²) in [6.45, 7) is 6.89. The van der Waals surface area contributed by atoms with Crippen LogP contribution in [0.1, 0.15) is 0 Å². The smallest absolute Gasteiger partial charge is 0.322 e. The van der Waals surface area contributed by atoms with E-state index in [0.29, 0.717) is 11.5 Å². The average Bonchev–Trinajstić information content (AvgIpc) is 2.26. The zero-order chi connectivity index (χ0) is 12.8. The van der Waals surface area contributed by atoms with Gasteiger partial charge in [-0.3, -0.25) is 9.52 Å². The standard InChI is InChI=1S/C6H11NO2S2.C3H6OS/c1-2-3-11-4-5(7-10)6(8)9;1-2-3-5-4/h2,5,7,10H,1,3-4H2,(H,8,9);2,4H,1,3H2. The maximum absolute atomic E-state index is 10.4. The van der Waals surface area contributed by atoms with Crippen molar-refractivity contribution >= 4 is 42.6 Å². The molecule has 4 nitrogen and oxygen atoms in total. The summed E-state index contributed by atoms with van der Waals surface area (Å²) >= 11 is 5.97. The Morgan fingerprint density at radius 1 is 1.44 bits per heavy atom. The van der Waals surface area contributed by atoms with Crippen molar-refractivity contribution in [3.8, 4) is 0 Å². The van der Waals surface area contributed by atoms with E-state index in [9.17, 15) is 4.79 Å². The predicted molar refractivity (Wildman–Crippen MR) is 76.4 cm³/mol. The van der Waals surface area contributed by atoms with Crippen LogP contribution in [0, 0.1) is 0 Å². The van der Waals surface area contributed by atoms with Crippen LogP contribution >= 0.6 is 36.6 Å². The molecule has 0 bridgehead atoms. The number of thiol groups is 1. The Morgan fingerprint density at radius 2 is 2.00 bits per heavy atom. The van der Waals surface area contributed by atoms with Crippen LogP contribution in [0.25, 0.3) is 0 Å². The molecule has 0 amide bonds. The van der Waals surface area contributed by atoms with Gasteiger partial charge in [-0.05, 0) is 12.0 Å². The molecule has 0 aliphatic heterocycles. The molecule has 0 saturated heterocycles. The van der Waals surface area contributed by atoms with E-state index in [4.69, 9.17) is 9.66 Å². The number of hydrogen-bond donors (Lipinski definition) is 4. The first-order chi connectivity index (χ1) is 7.63. The number of aliphatic carboxylic acids is 1. The summed E-state index contributed by atoms with van der Waals surface area (Å²) in [7, 11) is 0. The van der Waals surface area contributed by atoms with Crippen molar-refractivity contribution in [1.29, 1.82) is 0 Å². The van der Waals surface area contributed by atoms with Crippen molar-refractivity contribution in [2.24, 2.45) is 0 Å². The fourth-order valence-corrected chi connectivity index (χ4v) is 1.68.